The number of hydrogen-bond donors (Lipinski definition) is 2. The van der Waals surface area contributed by atoms with Crippen molar-refractivity contribution in [3.8, 4) is 5.75 Å². The van der Waals surface area contributed by atoms with E-state index in [9.17, 15) is 9.59 Å². The molecule has 2 N–H and O–H groups in total. The average Bonchev–Trinajstić information content (AvgIpc) is 2.72. The van der Waals surface area contributed by atoms with E-state index in [0.29, 0.717) is 31.3 Å². The van der Waals surface area contributed by atoms with Crippen LogP contribution in [0.4, 0.5) is 0 Å². The Labute approximate surface area is 180 Å². The molecule has 0 saturated carbocycles. The minimum Gasteiger partial charge on any atom is -0.497 e. The third-order valence-electron chi connectivity index (χ3n) is 5.97. The maximum Gasteiger partial charge on any atom is 0.246 e. The van der Waals surface area contributed by atoms with Crippen molar-refractivity contribution in [1.82, 2.24) is 10.6 Å². The van der Waals surface area contributed by atoms with Crippen LogP contribution in [0.15, 0.2) is 35.9 Å². The van der Waals surface area contributed by atoms with Crippen LogP contribution in [0.2, 0.25) is 0 Å². The summed E-state index contributed by atoms with van der Waals surface area (Å²) in [6.07, 6.45) is 3.70. The van der Waals surface area contributed by atoms with Gasteiger partial charge in [0, 0.05) is 26.6 Å². The number of amides is 2. The molecule has 1 aliphatic carbocycles. The number of carbonyl (C=O) groups is 2. The first kappa shape index (κ1) is 23.9. The number of hydrogen-bond acceptors (Lipinski definition) is 4. The Morgan fingerprint density at radius 1 is 1.10 bits per heavy atom. The van der Waals surface area contributed by atoms with E-state index in [1.165, 1.54) is 12.7 Å². The molecule has 6 nitrogen and oxygen atoms in total. The minimum absolute atomic E-state index is 0.0675. The van der Waals surface area contributed by atoms with Gasteiger partial charge in [-0.3, -0.25) is 9.59 Å². The van der Waals surface area contributed by atoms with Gasteiger partial charge in [0.05, 0.1) is 7.11 Å². The van der Waals surface area contributed by atoms with Crippen molar-refractivity contribution in [1.29, 1.82) is 0 Å². The monoisotopic (exact) mass is 416 g/mol. The summed E-state index contributed by atoms with van der Waals surface area (Å²) >= 11 is 0. The van der Waals surface area contributed by atoms with E-state index < -0.39 is 0 Å². The average molecular weight is 417 g/mol. The number of methoxy groups -OCH3 is 2. The van der Waals surface area contributed by atoms with Crippen molar-refractivity contribution in [3.63, 3.8) is 0 Å². The molecule has 0 saturated heterocycles. The Bertz CT molecular complexity index is 727. The molecule has 0 heterocycles. The summed E-state index contributed by atoms with van der Waals surface area (Å²) in [4.78, 5) is 24.3. The summed E-state index contributed by atoms with van der Waals surface area (Å²) < 4.78 is 10.1. The normalized spacial score (nSPS) is 21.1. The molecule has 6 heteroatoms. The molecule has 1 aliphatic rings. The summed E-state index contributed by atoms with van der Waals surface area (Å²) in [5, 5.41) is 6.00. The van der Waals surface area contributed by atoms with E-state index >= 15 is 0 Å². The molecule has 30 heavy (non-hydrogen) atoms. The minimum atomic E-state index is -0.0916. The van der Waals surface area contributed by atoms with Crippen molar-refractivity contribution in [2.24, 2.45) is 23.7 Å². The van der Waals surface area contributed by atoms with Gasteiger partial charge < -0.3 is 20.1 Å². The van der Waals surface area contributed by atoms with Crippen molar-refractivity contribution in [2.75, 3.05) is 27.4 Å². The summed E-state index contributed by atoms with van der Waals surface area (Å²) in [5.41, 5.74) is 2.28. The first-order valence-electron chi connectivity index (χ1n) is 10.7. The highest BCUT2D eigenvalue weighted by Gasteiger charge is 2.32. The molecule has 3 atom stereocenters. The van der Waals surface area contributed by atoms with E-state index in [0.717, 1.165) is 17.7 Å². The van der Waals surface area contributed by atoms with Gasteiger partial charge in [-0.2, -0.15) is 0 Å². The number of ether oxygens (including phenoxy) is 2. The van der Waals surface area contributed by atoms with Crippen LogP contribution < -0.4 is 15.4 Å². The fraction of sp³-hybridized carbons (Fsp3) is 0.583. The zero-order valence-corrected chi connectivity index (χ0v) is 18.9. The van der Waals surface area contributed by atoms with Crippen LogP contribution in [-0.4, -0.2) is 39.2 Å². The number of benzene rings is 1. The third-order valence-corrected chi connectivity index (χ3v) is 5.97. The second kappa shape index (κ2) is 11.7. The molecule has 0 aromatic heterocycles. The van der Waals surface area contributed by atoms with Crippen molar-refractivity contribution >= 4 is 11.8 Å². The molecular weight excluding hydrogens is 380 g/mol. The fourth-order valence-corrected chi connectivity index (χ4v) is 4.16. The maximum atomic E-state index is 12.6. The zero-order chi connectivity index (χ0) is 22.1. The van der Waals surface area contributed by atoms with Gasteiger partial charge in [-0.15, -0.1) is 0 Å². The van der Waals surface area contributed by atoms with Gasteiger partial charge in [0.1, 0.15) is 12.4 Å². The largest absolute Gasteiger partial charge is 0.497 e. The standard InChI is InChI=1S/C24H36N2O4/c1-16(2)22-11-19(17(3)10-20(22)14-26-24(28)15-29-4)12-23(27)25-13-18-6-8-21(30-5)9-7-18/h6-10,16,19-20,22H,11-15H2,1-5H3,(H,25,27)(H,26,28). The van der Waals surface area contributed by atoms with E-state index in [2.05, 4.69) is 37.5 Å². The van der Waals surface area contributed by atoms with Crippen LogP contribution in [-0.2, 0) is 20.9 Å². The summed E-state index contributed by atoms with van der Waals surface area (Å²) in [5.74, 6) is 2.20. The zero-order valence-electron chi connectivity index (χ0n) is 18.9. The molecule has 0 radical (unpaired) electrons. The fourth-order valence-electron chi connectivity index (χ4n) is 4.16. The van der Waals surface area contributed by atoms with Gasteiger partial charge in [-0.25, -0.2) is 0 Å². The summed E-state index contributed by atoms with van der Waals surface area (Å²) in [6.45, 7) is 7.73. The van der Waals surface area contributed by atoms with Crippen LogP contribution in [0.25, 0.3) is 0 Å². The van der Waals surface area contributed by atoms with Crippen LogP contribution in [0, 0.1) is 23.7 Å². The molecule has 1 aromatic rings. The second-order valence-electron chi connectivity index (χ2n) is 8.48. The summed E-state index contributed by atoms with van der Waals surface area (Å²) in [6, 6.07) is 7.72. The van der Waals surface area contributed by atoms with Crippen LogP contribution >= 0.6 is 0 Å². The third kappa shape index (κ3) is 7.17. The van der Waals surface area contributed by atoms with E-state index in [1.807, 2.05) is 24.3 Å². The van der Waals surface area contributed by atoms with Gasteiger partial charge in [-0.1, -0.05) is 37.6 Å². The number of allylic oxidation sites excluding steroid dienone is 1. The number of nitrogens with one attached hydrogen (secondary N) is 2. The quantitative estimate of drug-likeness (QED) is 0.574. The Morgan fingerprint density at radius 3 is 2.40 bits per heavy atom. The van der Waals surface area contributed by atoms with Crippen molar-refractivity contribution in [3.05, 3.63) is 41.5 Å². The number of rotatable bonds is 10. The predicted molar refractivity (Wildman–Crippen MR) is 118 cm³/mol. The lowest BCUT2D eigenvalue weighted by Crippen LogP contribution is -2.38. The highest BCUT2D eigenvalue weighted by atomic mass is 16.5. The van der Waals surface area contributed by atoms with Gasteiger partial charge in [0.25, 0.3) is 0 Å². The Balaban J connectivity index is 1.92. The SMILES string of the molecule is COCC(=O)NCC1C=C(C)C(CC(=O)NCc2ccc(OC)cc2)CC1C(C)C. The highest BCUT2D eigenvalue weighted by Crippen LogP contribution is 2.38. The lowest BCUT2D eigenvalue weighted by molar-refractivity contribution is -0.125. The van der Waals surface area contributed by atoms with Crippen LogP contribution in [0.1, 0.15) is 39.2 Å². The van der Waals surface area contributed by atoms with Crippen LogP contribution in [0.3, 0.4) is 0 Å². The Hall–Kier alpha value is -2.34. The van der Waals surface area contributed by atoms with E-state index in [-0.39, 0.29) is 30.3 Å². The van der Waals surface area contributed by atoms with Crippen molar-refractivity contribution in [2.45, 2.75) is 40.2 Å². The molecule has 2 amide bonds. The summed E-state index contributed by atoms with van der Waals surface area (Å²) in [7, 11) is 3.16. The highest BCUT2D eigenvalue weighted by molar-refractivity contribution is 5.77. The maximum absolute atomic E-state index is 12.6. The first-order chi connectivity index (χ1) is 14.3. The molecule has 166 valence electrons. The molecule has 0 aliphatic heterocycles. The predicted octanol–water partition coefficient (Wildman–Crippen LogP) is 3.32. The molecule has 2 rings (SSSR count). The molecule has 0 bridgehead atoms. The first-order valence-corrected chi connectivity index (χ1v) is 10.7. The number of carbonyl (C=O) groups excluding carboxylic acids is 2. The lowest BCUT2D eigenvalue weighted by atomic mass is 9.69. The van der Waals surface area contributed by atoms with Gasteiger partial charge in [0.2, 0.25) is 11.8 Å². The van der Waals surface area contributed by atoms with Crippen molar-refractivity contribution < 1.29 is 19.1 Å². The van der Waals surface area contributed by atoms with E-state index in [4.69, 9.17) is 9.47 Å². The molecule has 0 fully saturated rings. The molecule has 1 aromatic carbocycles. The molecule has 0 spiro atoms. The van der Waals surface area contributed by atoms with Crippen LogP contribution in [0.5, 0.6) is 5.75 Å². The lowest BCUT2D eigenvalue weighted by Gasteiger charge is -2.37. The second-order valence-corrected chi connectivity index (χ2v) is 8.48. The smallest absolute Gasteiger partial charge is 0.246 e. The van der Waals surface area contributed by atoms with Gasteiger partial charge >= 0.3 is 0 Å². The molecule has 3 unspecified atom stereocenters. The van der Waals surface area contributed by atoms with Gasteiger partial charge in [-0.05, 0) is 54.7 Å². The topological polar surface area (TPSA) is 76.7 Å². The molecular formula is C24H36N2O4. The van der Waals surface area contributed by atoms with Gasteiger partial charge in [0.15, 0.2) is 0 Å². The Morgan fingerprint density at radius 2 is 1.80 bits per heavy atom. The van der Waals surface area contributed by atoms with E-state index in [1.54, 1.807) is 7.11 Å². The Kier molecular flexibility index (Phi) is 9.37.